The zero-order valence-electron chi connectivity index (χ0n) is 27.7. The van der Waals surface area contributed by atoms with Gasteiger partial charge >= 0.3 is 11.9 Å². The van der Waals surface area contributed by atoms with Gasteiger partial charge in [-0.2, -0.15) is 0 Å². The van der Waals surface area contributed by atoms with Crippen LogP contribution in [-0.2, 0) is 14.3 Å². The van der Waals surface area contributed by atoms with Crippen molar-refractivity contribution < 1.29 is 24.5 Å². The molecule has 5 heterocycles. The van der Waals surface area contributed by atoms with Crippen molar-refractivity contribution in [3.05, 3.63) is 12.7 Å². The Hall–Kier alpha value is -1.96. The molecule has 0 amide bonds. The lowest BCUT2D eigenvalue weighted by atomic mass is 9.74. The van der Waals surface area contributed by atoms with Gasteiger partial charge in [-0.05, 0) is 61.2 Å². The van der Waals surface area contributed by atoms with Crippen molar-refractivity contribution in [3.8, 4) is 12.3 Å². The molecule has 1 aliphatic carbocycles. The van der Waals surface area contributed by atoms with E-state index in [0.717, 1.165) is 25.7 Å². The summed E-state index contributed by atoms with van der Waals surface area (Å²) in [5, 5.41) is 37.6. The molecule has 6 N–H and O–H groups in total. The minimum absolute atomic E-state index is 0.0104. The number of ether oxygens (including phenoxy) is 1. The normalized spacial score (nSPS) is 52.0. The number of rotatable bonds is 6. The average molecular weight is 625 g/mol. The van der Waals surface area contributed by atoms with Crippen LogP contribution in [0.3, 0.4) is 0 Å². The van der Waals surface area contributed by atoms with Crippen LogP contribution < -0.4 is 21.3 Å². The third-order valence-electron chi connectivity index (χ3n) is 13.8. The lowest BCUT2D eigenvalue weighted by Gasteiger charge is -2.35. The Kier molecular flexibility index (Phi) is 9.46. The number of esters is 1. The van der Waals surface area contributed by atoms with E-state index in [9.17, 15) is 19.8 Å². The van der Waals surface area contributed by atoms with Gasteiger partial charge in [0.2, 0.25) is 0 Å². The van der Waals surface area contributed by atoms with Crippen molar-refractivity contribution in [2.75, 3.05) is 7.11 Å². The second-order valence-electron chi connectivity index (χ2n) is 15.5. The lowest BCUT2D eigenvalue weighted by Crippen LogP contribution is -2.52. The van der Waals surface area contributed by atoms with Crippen LogP contribution >= 0.6 is 0 Å². The molecule has 5 aliphatic heterocycles. The predicted octanol–water partition coefficient (Wildman–Crippen LogP) is 2.40. The molecule has 19 unspecified atom stereocenters. The highest BCUT2D eigenvalue weighted by Gasteiger charge is 2.64. The van der Waals surface area contributed by atoms with Crippen molar-refractivity contribution in [2.24, 2.45) is 59.2 Å². The van der Waals surface area contributed by atoms with E-state index in [4.69, 9.17) is 11.2 Å². The van der Waals surface area contributed by atoms with Crippen LogP contribution in [0.5, 0.6) is 0 Å². The van der Waals surface area contributed by atoms with Crippen molar-refractivity contribution in [3.63, 3.8) is 0 Å². The molecule has 0 radical (unpaired) electrons. The molecular weight excluding hydrogens is 568 g/mol. The number of carboxylic acids is 1. The predicted molar refractivity (Wildman–Crippen MR) is 173 cm³/mol. The van der Waals surface area contributed by atoms with E-state index in [-0.39, 0.29) is 66.2 Å². The first-order valence-electron chi connectivity index (χ1n) is 17.6. The number of carbonyl (C=O) groups excluding carboxylic acids is 1. The maximum atomic E-state index is 13.4. The summed E-state index contributed by atoms with van der Waals surface area (Å²) >= 11 is 0. The molecule has 5 saturated heterocycles. The number of carbonyl (C=O) groups is 2. The van der Waals surface area contributed by atoms with Gasteiger partial charge in [-0.1, -0.05) is 40.2 Å². The van der Waals surface area contributed by atoms with Crippen LogP contribution in [0.15, 0.2) is 12.7 Å². The summed E-state index contributed by atoms with van der Waals surface area (Å²) in [5.74, 6) is 2.41. The number of aliphatic hydroxyl groups excluding tert-OH is 1. The van der Waals surface area contributed by atoms with E-state index in [1.54, 1.807) is 0 Å². The van der Waals surface area contributed by atoms with Crippen molar-refractivity contribution in [1.29, 1.82) is 0 Å². The van der Waals surface area contributed by atoms with Crippen molar-refractivity contribution in [1.82, 2.24) is 21.3 Å². The lowest BCUT2D eigenvalue weighted by molar-refractivity contribution is -0.152. The zero-order valence-corrected chi connectivity index (χ0v) is 27.7. The van der Waals surface area contributed by atoms with Crippen LogP contribution in [0.2, 0.25) is 0 Å². The number of terminal acetylenes is 1. The average Bonchev–Trinajstić information content (AvgIpc) is 3.76. The molecule has 6 rings (SSSR count). The maximum Gasteiger partial charge on any atom is 0.311 e. The molecule has 0 aromatic rings. The van der Waals surface area contributed by atoms with Gasteiger partial charge in [-0.25, -0.2) is 0 Å². The maximum absolute atomic E-state index is 13.4. The first-order chi connectivity index (χ1) is 21.5. The molecule has 1 saturated carbocycles. The highest BCUT2D eigenvalue weighted by Crippen LogP contribution is 2.53. The molecule has 6 aliphatic rings. The highest BCUT2D eigenvalue weighted by molar-refractivity contribution is 5.74. The van der Waals surface area contributed by atoms with Gasteiger partial charge in [0.1, 0.15) is 0 Å². The number of nitrogens with one attached hydrogen (secondary N) is 4. The number of aliphatic hydroxyl groups is 1. The van der Waals surface area contributed by atoms with E-state index < -0.39 is 24.0 Å². The van der Waals surface area contributed by atoms with E-state index in [2.05, 4.69) is 67.5 Å². The second-order valence-corrected chi connectivity index (χ2v) is 15.5. The molecule has 0 aromatic carbocycles. The first-order valence-corrected chi connectivity index (χ1v) is 17.6. The molecule has 19 atom stereocenters. The second kappa shape index (κ2) is 12.9. The van der Waals surface area contributed by atoms with Gasteiger partial charge in [-0.3, -0.25) is 9.59 Å². The van der Waals surface area contributed by atoms with Crippen LogP contribution in [0, 0.1) is 71.5 Å². The molecular formula is C36H56N4O5. The van der Waals surface area contributed by atoms with Crippen molar-refractivity contribution >= 4 is 11.9 Å². The molecule has 0 aromatic heterocycles. The Morgan fingerprint density at radius 3 is 2.16 bits per heavy atom. The summed E-state index contributed by atoms with van der Waals surface area (Å²) in [6.07, 6.45) is 12.0. The molecule has 250 valence electrons. The number of carboxylic acid groups (broad SMARTS) is 1. The standard InChI is InChI=1S/C36H56N4O5/c1-8-19-17(5)24-14-28-21(10-3)22(11-12-29(41)42)33(40-28)31-32(36(44)45-7)35(43)30-18(6)25(39-34(30)31)15-27-20(9-2)16(4)23(37-27)13-26(19)38-24/h3,8,16-28,30-35,37-40,43H,1,9,11-15H2,2,4-7H3,(H,41,42). The number of hydrogen-bond acceptors (Lipinski definition) is 8. The van der Waals surface area contributed by atoms with Crippen LogP contribution in [0.25, 0.3) is 0 Å². The van der Waals surface area contributed by atoms with Gasteiger partial charge in [0.25, 0.3) is 0 Å². The number of aliphatic carboxylic acids is 1. The SMILES string of the molecule is C#CC1C2CC3NC(CC4NC(CC5NC6C(C5C)C(O)C(C(=O)OC)C6C(N2)C1CCC(=O)O)C(CC)C4C)C(C=C)C3C. The molecule has 45 heavy (non-hydrogen) atoms. The van der Waals surface area contributed by atoms with Crippen molar-refractivity contribution in [2.45, 2.75) is 121 Å². The minimum atomic E-state index is -0.849. The molecule has 9 nitrogen and oxygen atoms in total. The zero-order chi connectivity index (χ0) is 32.3. The topological polar surface area (TPSA) is 132 Å². The van der Waals surface area contributed by atoms with E-state index >= 15 is 0 Å². The smallest absolute Gasteiger partial charge is 0.311 e. The van der Waals surface area contributed by atoms with Crippen LogP contribution in [-0.4, -0.2) is 83.7 Å². The number of fused-ring (bicyclic) bond motifs is 8. The van der Waals surface area contributed by atoms with Gasteiger partial charge < -0.3 is 36.2 Å². The Bertz CT molecular complexity index is 1170. The fraction of sp³-hybridized carbons (Fsp3) is 0.833. The van der Waals surface area contributed by atoms with E-state index in [1.165, 1.54) is 7.11 Å². The molecule has 0 spiro atoms. The summed E-state index contributed by atoms with van der Waals surface area (Å²) in [4.78, 5) is 25.3. The quantitative estimate of drug-likeness (QED) is 0.150. The fourth-order valence-electron chi connectivity index (χ4n) is 11.6. The molecule has 6 fully saturated rings. The van der Waals surface area contributed by atoms with E-state index in [1.807, 2.05) is 0 Å². The Morgan fingerprint density at radius 2 is 1.51 bits per heavy atom. The third kappa shape index (κ3) is 5.47. The Labute approximate surface area is 269 Å². The molecule has 8 bridgehead atoms. The fourth-order valence-corrected chi connectivity index (χ4v) is 11.6. The monoisotopic (exact) mass is 624 g/mol. The summed E-state index contributed by atoms with van der Waals surface area (Å²) in [6.45, 7) is 13.5. The third-order valence-corrected chi connectivity index (χ3v) is 13.8. The van der Waals surface area contributed by atoms with Gasteiger partial charge in [-0.15, -0.1) is 18.9 Å². The van der Waals surface area contributed by atoms with Gasteiger partial charge in [0, 0.05) is 72.5 Å². The van der Waals surface area contributed by atoms with Crippen LogP contribution in [0.4, 0.5) is 0 Å². The summed E-state index contributed by atoms with van der Waals surface area (Å²) in [7, 11) is 1.39. The summed E-state index contributed by atoms with van der Waals surface area (Å²) < 4.78 is 5.33. The Morgan fingerprint density at radius 1 is 0.889 bits per heavy atom. The largest absolute Gasteiger partial charge is 0.481 e. The first kappa shape index (κ1) is 33.0. The van der Waals surface area contributed by atoms with Gasteiger partial charge in [0.05, 0.1) is 19.1 Å². The summed E-state index contributed by atoms with van der Waals surface area (Å²) in [5.41, 5.74) is 0. The number of methoxy groups -OCH3 is 1. The van der Waals surface area contributed by atoms with E-state index in [0.29, 0.717) is 48.2 Å². The number of hydrogen-bond donors (Lipinski definition) is 6. The van der Waals surface area contributed by atoms with Crippen LogP contribution in [0.1, 0.15) is 66.2 Å². The highest BCUT2D eigenvalue weighted by atomic mass is 16.5. The summed E-state index contributed by atoms with van der Waals surface area (Å²) in [6, 6.07) is 1.13. The minimum Gasteiger partial charge on any atom is -0.481 e. The van der Waals surface area contributed by atoms with Gasteiger partial charge in [0.15, 0.2) is 0 Å². The molecule has 9 heteroatoms. The Balaban J connectivity index is 1.43.